The molecule has 0 saturated heterocycles. The van der Waals surface area contributed by atoms with Crippen molar-refractivity contribution >= 4 is 0 Å². The van der Waals surface area contributed by atoms with Crippen LogP contribution in [0.5, 0.6) is 11.5 Å². The number of benzene rings is 1. The predicted octanol–water partition coefficient (Wildman–Crippen LogP) is -0.143. The van der Waals surface area contributed by atoms with Crippen LogP contribution in [0.2, 0.25) is 0 Å². The van der Waals surface area contributed by atoms with E-state index in [2.05, 4.69) is 5.32 Å². The van der Waals surface area contributed by atoms with Crippen LogP contribution in [0.3, 0.4) is 0 Å². The molecule has 0 aliphatic carbocycles. The lowest BCUT2D eigenvalue weighted by atomic mass is 9.94. The highest BCUT2D eigenvalue weighted by atomic mass is 16.5. The summed E-state index contributed by atoms with van der Waals surface area (Å²) in [5.74, 6) is 1.50. The Bertz CT molecular complexity index is 379. The van der Waals surface area contributed by atoms with Crippen LogP contribution >= 0.6 is 0 Å². The van der Waals surface area contributed by atoms with E-state index in [1.807, 2.05) is 12.1 Å². The molecule has 0 unspecified atom stereocenters. The van der Waals surface area contributed by atoms with E-state index in [0.29, 0.717) is 0 Å². The lowest BCUT2D eigenvalue weighted by Gasteiger charge is -2.23. The average molecular weight is 224 g/mol. The van der Waals surface area contributed by atoms with Crippen LogP contribution in [0.25, 0.3) is 0 Å². The topological polar surface area (TPSA) is 55.3 Å². The van der Waals surface area contributed by atoms with Crippen molar-refractivity contribution < 1.29 is 19.9 Å². The van der Waals surface area contributed by atoms with Gasteiger partial charge in [0.25, 0.3) is 0 Å². The second-order valence-corrected chi connectivity index (χ2v) is 3.97. The average Bonchev–Trinajstić information content (AvgIpc) is 2.36. The van der Waals surface area contributed by atoms with Crippen molar-refractivity contribution in [1.82, 2.24) is 0 Å². The Labute approximate surface area is 95.2 Å². The second-order valence-electron chi connectivity index (χ2n) is 3.97. The summed E-state index contributed by atoms with van der Waals surface area (Å²) in [6.45, 7) is 1.16. The molecule has 1 aliphatic heterocycles. The van der Waals surface area contributed by atoms with Crippen LogP contribution in [-0.2, 0) is 6.42 Å². The molecule has 16 heavy (non-hydrogen) atoms. The molecule has 1 aromatic carbocycles. The number of nitrogens with two attached hydrogens (primary N) is 1. The zero-order valence-electron chi connectivity index (χ0n) is 9.69. The summed E-state index contributed by atoms with van der Waals surface area (Å²) in [7, 11) is 3.27. The Hall–Kier alpha value is -1.26. The summed E-state index contributed by atoms with van der Waals surface area (Å²) in [6.07, 6.45) is 1.01. The Balaban J connectivity index is 2.46. The van der Waals surface area contributed by atoms with E-state index in [1.54, 1.807) is 14.2 Å². The predicted molar refractivity (Wildman–Crippen MR) is 59.9 cm³/mol. The third-order valence-electron chi connectivity index (χ3n) is 3.11. The van der Waals surface area contributed by atoms with Gasteiger partial charge in [0.05, 0.1) is 27.4 Å². The Kier molecular flexibility index (Phi) is 3.31. The Morgan fingerprint density at radius 1 is 1.31 bits per heavy atom. The van der Waals surface area contributed by atoms with Gasteiger partial charge in [0.1, 0.15) is 6.04 Å². The van der Waals surface area contributed by atoms with Crippen LogP contribution in [0.15, 0.2) is 12.1 Å². The number of rotatable bonds is 3. The normalized spacial score (nSPS) is 19.1. The zero-order valence-corrected chi connectivity index (χ0v) is 9.69. The molecule has 1 aromatic rings. The van der Waals surface area contributed by atoms with Crippen molar-refractivity contribution in [3.05, 3.63) is 23.3 Å². The summed E-state index contributed by atoms with van der Waals surface area (Å²) < 4.78 is 10.5. The number of fused-ring (bicyclic) bond motifs is 1. The van der Waals surface area contributed by atoms with Crippen molar-refractivity contribution in [3.63, 3.8) is 0 Å². The molecule has 0 radical (unpaired) electrons. The van der Waals surface area contributed by atoms with Gasteiger partial charge in [-0.05, 0) is 17.7 Å². The van der Waals surface area contributed by atoms with E-state index in [-0.39, 0.29) is 12.6 Å². The van der Waals surface area contributed by atoms with Gasteiger partial charge in [-0.1, -0.05) is 0 Å². The summed E-state index contributed by atoms with van der Waals surface area (Å²) >= 11 is 0. The molecular formula is C12H18NO3+. The van der Waals surface area contributed by atoms with Gasteiger partial charge in [-0.25, -0.2) is 0 Å². The first-order valence-corrected chi connectivity index (χ1v) is 5.49. The van der Waals surface area contributed by atoms with Crippen LogP contribution < -0.4 is 14.8 Å². The lowest BCUT2D eigenvalue weighted by molar-refractivity contribution is -0.700. The minimum absolute atomic E-state index is 0.128. The molecule has 0 spiro atoms. The van der Waals surface area contributed by atoms with E-state index in [9.17, 15) is 5.11 Å². The van der Waals surface area contributed by atoms with E-state index in [0.717, 1.165) is 30.0 Å². The van der Waals surface area contributed by atoms with Crippen molar-refractivity contribution in [2.75, 3.05) is 27.4 Å². The number of hydrogen-bond donors (Lipinski definition) is 2. The van der Waals surface area contributed by atoms with Gasteiger partial charge >= 0.3 is 0 Å². The Morgan fingerprint density at radius 2 is 2.00 bits per heavy atom. The third-order valence-corrected chi connectivity index (χ3v) is 3.11. The molecule has 1 heterocycles. The van der Waals surface area contributed by atoms with Crippen molar-refractivity contribution in [1.29, 1.82) is 0 Å². The number of aliphatic hydroxyl groups is 1. The first-order valence-electron chi connectivity index (χ1n) is 5.49. The quantitative estimate of drug-likeness (QED) is 0.751. The number of quaternary nitrogens is 1. The molecule has 3 N–H and O–H groups in total. The first kappa shape index (κ1) is 11.2. The number of aliphatic hydroxyl groups excluding tert-OH is 1. The minimum atomic E-state index is 0.128. The Morgan fingerprint density at radius 3 is 2.62 bits per heavy atom. The highest BCUT2D eigenvalue weighted by Crippen LogP contribution is 2.33. The summed E-state index contributed by atoms with van der Waals surface area (Å²) in [5.41, 5.74) is 2.41. The van der Waals surface area contributed by atoms with Crippen LogP contribution in [0.1, 0.15) is 17.2 Å². The van der Waals surface area contributed by atoms with Gasteiger partial charge in [0.15, 0.2) is 11.5 Å². The van der Waals surface area contributed by atoms with Gasteiger partial charge in [0.2, 0.25) is 0 Å². The first-order chi connectivity index (χ1) is 7.80. The van der Waals surface area contributed by atoms with E-state index < -0.39 is 0 Å². The lowest BCUT2D eigenvalue weighted by Crippen LogP contribution is -2.88. The summed E-state index contributed by atoms with van der Waals surface area (Å²) in [6, 6.07) is 4.12. The van der Waals surface area contributed by atoms with Crippen molar-refractivity contribution in [2.24, 2.45) is 0 Å². The van der Waals surface area contributed by atoms with Gasteiger partial charge in [-0.15, -0.1) is 0 Å². The third kappa shape index (κ3) is 1.86. The standard InChI is InChI=1S/C12H17NO3/c1-15-11-5-8-3-4-13-10(7-14)9(8)6-12(11)16-2/h5-6,10,13-14H,3-4,7H2,1-2H3/p+1/t10-/m1/s1. The molecule has 1 atom stereocenters. The van der Waals surface area contributed by atoms with Crippen molar-refractivity contribution in [2.45, 2.75) is 12.5 Å². The van der Waals surface area contributed by atoms with E-state index >= 15 is 0 Å². The van der Waals surface area contributed by atoms with E-state index in [1.165, 1.54) is 5.56 Å². The van der Waals surface area contributed by atoms with Gasteiger partial charge < -0.3 is 19.9 Å². The smallest absolute Gasteiger partial charge is 0.161 e. The van der Waals surface area contributed by atoms with E-state index in [4.69, 9.17) is 9.47 Å². The molecule has 0 bridgehead atoms. The van der Waals surface area contributed by atoms with Gasteiger partial charge in [-0.2, -0.15) is 0 Å². The largest absolute Gasteiger partial charge is 0.493 e. The SMILES string of the molecule is COc1cc2c(cc1OC)[C@@H](CO)[NH2+]CC2. The number of hydrogen-bond acceptors (Lipinski definition) is 3. The molecular weight excluding hydrogens is 206 g/mol. The van der Waals surface area contributed by atoms with Crippen LogP contribution in [0.4, 0.5) is 0 Å². The highest BCUT2D eigenvalue weighted by molar-refractivity contribution is 5.48. The van der Waals surface area contributed by atoms with Crippen molar-refractivity contribution in [3.8, 4) is 11.5 Å². The maximum Gasteiger partial charge on any atom is 0.161 e. The van der Waals surface area contributed by atoms with Crippen LogP contribution in [-0.4, -0.2) is 32.5 Å². The fourth-order valence-electron chi connectivity index (χ4n) is 2.24. The monoisotopic (exact) mass is 224 g/mol. The molecule has 0 fully saturated rings. The molecule has 0 amide bonds. The summed E-state index contributed by atoms with van der Waals surface area (Å²) in [4.78, 5) is 0. The number of methoxy groups -OCH3 is 2. The highest BCUT2D eigenvalue weighted by Gasteiger charge is 2.24. The molecule has 88 valence electrons. The molecule has 1 aliphatic rings. The molecule has 0 saturated carbocycles. The maximum absolute atomic E-state index is 9.32. The molecule has 4 heteroatoms. The van der Waals surface area contributed by atoms with Gasteiger partial charge in [0, 0.05) is 12.0 Å². The molecule has 0 aromatic heterocycles. The van der Waals surface area contributed by atoms with Gasteiger partial charge in [-0.3, -0.25) is 0 Å². The summed E-state index contributed by atoms with van der Waals surface area (Å²) in [5, 5.41) is 11.5. The maximum atomic E-state index is 9.32. The van der Waals surface area contributed by atoms with Crippen LogP contribution in [0, 0.1) is 0 Å². The fraction of sp³-hybridized carbons (Fsp3) is 0.500. The number of ether oxygens (including phenoxy) is 2. The minimum Gasteiger partial charge on any atom is -0.493 e. The fourth-order valence-corrected chi connectivity index (χ4v) is 2.24. The zero-order chi connectivity index (χ0) is 11.5. The second kappa shape index (κ2) is 4.72. The molecule has 2 rings (SSSR count). The molecule has 4 nitrogen and oxygen atoms in total.